The van der Waals surface area contributed by atoms with Crippen LogP contribution in [0, 0.1) is 11.8 Å². The van der Waals surface area contributed by atoms with E-state index in [2.05, 4.69) is 13.8 Å². The molecule has 1 aliphatic rings. The Hall–Kier alpha value is -1.10. The molecule has 17 heavy (non-hydrogen) atoms. The van der Waals surface area contributed by atoms with Gasteiger partial charge in [-0.3, -0.25) is 9.59 Å². The van der Waals surface area contributed by atoms with Gasteiger partial charge >= 0.3 is 0 Å². The highest BCUT2D eigenvalue weighted by atomic mass is 16.2. The van der Waals surface area contributed by atoms with Gasteiger partial charge in [-0.1, -0.05) is 13.8 Å². The summed E-state index contributed by atoms with van der Waals surface area (Å²) in [4.78, 5) is 27.0. The van der Waals surface area contributed by atoms with Crippen LogP contribution in [0.2, 0.25) is 0 Å². The molecule has 0 saturated carbocycles. The van der Waals surface area contributed by atoms with E-state index in [1.807, 2.05) is 0 Å². The topological polar surface area (TPSA) is 66.6 Å². The number of hydrogen-bond acceptors (Lipinski definition) is 3. The molecule has 1 rings (SSSR count). The van der Waals surface area contributed by atoms with Gasteiger partial charge in [0.05, 0.1) is 12.5 Å². The average Bonchev–Trinajstić information content (AvgIpc) is 2.28. The third kappa shape index (κ3) is 3.70. The second-order valence-electron chi connectivity index (χ2n) is 5.14. The Bertz CT molecular complexity index is 291. The smallest absolute Gasteiger partial charge is 0.241 e. The van der Waals surface area contributed by atoms with E-state index in [0.717, 1.165) is 6.42 Å². The number of nitrogens with two attached hydrogens (primary N) is 1. The molecule has 0 bridgehead atoms. The van der Waals surface area contributed by atoms with Gasteiger partial charge in [0, 0.05) is 26.7 Å². The van der Waals surface area contributed by atoms with Crippen LogP contribution in [0.3, 0.4) is 0 Å². The normalized spacial score (nSPS) is 18.8. The van der Waals surface area contributed by atoms with Gasteiger partial charge in [0.25, 0.3) is 0 Å². The molecule has 1 heterocycles. The van der Waals surface area contributed by atoms with Crippen LogP contribution < -0.4 is 5.73 Å². The summed E-state index contributed by atoms with van der Waals surface area (Å²) < 4.78 is 0. The Morgan fingerprint density at radius 3 is 2.53 bits per heavy atom. The van der Waals surface area contributed by atoms with Gasteiger partial charge in [0.1, 0.15) is 0 Å². The number of likely N-dealkylation sites (N-methyl/N-ethyl adjacent to an activating group) is 1. The first-order chi connectivity index (χ1) is 7.95. The number of carbonyl (C=O) groups excluding carboxylic acids is 2. The largest absolute Gasteiger partial charge is 0.342 e. The van der Waals surface area contributed by atoms with Crippen molar-refractivity contribution >= 4 is 11.8 Å². The van der Waals surface area contributed by atoms with Crippen LogP contribution in [0.5, 0.6) is 0 Å². The Balaban J connectivity index is 2.59. The lowest BCUT2D eigenvalue weighted by atomic mass is 9.95. The van der Waals surface area contributed by atoms with Crippen molar-refractivity contribution in [2.24, 2.45) is 17.6 Å². The molecule has 0 aromatic rings. The Kier molecular flexibility index (Phi) is 4.93. The van der Waals surface area contributed by atoms with E-state index in [4.69, 9.17) is 5.73 Å². The molecule has 1 atom stereocenters. The third-order valence-corrected chi connectivity index (χ3v) is 3.16. The van der Waals surface area contributed by atoms with Gasteiger partial charge in [-0.05, 0) is 12.3 Å². The predicted molar refractivity (Wildman–Crippen MR) is 66.2 cm³/mol. The molecule has 0 aliphatic carbocycles. The predicted octanol–water partition coefficient (Wildman–Crippen LogP) is -0.0920. The fourth-order valence-corrected chi connectivity index (χ4v) is 2.07. The van der Waals surface area contributed by atoms with Gasteiger partial charge < -0.3 is 15.5 Å². The second kappa shape index (κ2) is 6.00. The maximum absolute atomic E-state index is 12.2. The average molecular weight is 241 g/mol. The summed E-state index contributed by atoms with van der Waals surface area (Å²) in [6.45, 7) is 5.94. The molecule has 0 radical (unpaired) electrons. The number of carbonyl (C=O) groups is 2. The number of hydrogen-bond donors (Lipinski definition) is 1. The van der Waals surface area contributed by atoms with E-state index >= 15 is 0 Å². The van der Waals surface area contributed by atoms with Crippen LogP contribution in [-0.2, 0) is 9.59 Å². The van der Waals surface area contributed by atoms with Crippen molar-refractivity contribution in [2.75, 3.05) is 33.2 Å². The minimum absolute atomic E-state index is 0.00455. The van der Waals surface area contributed by atoms with Crippen LogP contribution in [0.15, 0.2) is 0 Å². The molecule has 0 spiro atoms. The molecular weight excluding hydrogens is 218 g/mol. The van der Waals surface area contributed by atoms with Crippen molar-refractivity contribution in [3.05, 3.63) is 0 Å². The summed E-state index contributed by atoms with van der Waals surface area (Å²) in [7, 11) is 1.76. The lowest BCUT2D eigenvalue weighted by Gasteiger charge is -2.34. The lowest BCUT2D eigenvalue weighted by molar-refractivity contribution is -0.146. The molecule has 0 aromatic heterocycles. The molecule has 1 unspecified atom stereocenters. The maximum atomic E-state index is 12.2. The van der Waals surface area contributed by atoms with E-state index in [1.54, 1.807) is 16.8 Å². The lowest BCUT2D eigenvalue weighted by Crippen LogP contribution is -2.53. The summed E-state index contributed by atoms with van der Waals surface area (Å²) >= 11 is 0. The fraction of sp³-hybridized carbons (Fsp3) is 0.833. The first-order valence-corrected chi connectivity index (χ1v) is 6.18. The molecular formula is C12H23N3O2. The summed E-state index contributed by atoms with van der Waals surface area (Å²) in [6.07, 6.45) is 0.788. The van der Waals surface area contributed by atoms with Crippen LogP contribution in [0.1, 0.15) is 20.3 Å². The zero-order valence-electron chi connectivity index (χ0n) is 11.0. The van der Waals surface area contributed by atoms with E-state index < -0.39 is 0 Å². The van der Waals surface area contributed by atoms with Crippen LogP contribution in [-0.4, -0.2) is 54.8 Å². The molecule has 2 amide bonds. The summed E-state index contributed by atoms with van der Waals surface area (Å²) in [5.74, 6) is 0.328. The number of rotatable bonds is 4. The van der Waals surface area contributed by atoms with Crippen molar-refractivity contribution in [3.63, 3.8) is 0 Å². The summed E-state index contributed by atoms with van der Waals surface area (Å²) in [5, 5.41) is 0. The third-order valence-electron chi connectivity index (χ3n) is 3.16. The molecule has 1 fully saturated rings. The van der Waals surface area contributed by atoms with Crippen molar-refractivity contribution in [1.29, 1.82) is 0 Å². The molecule has 5 heteroatoms. The first kappa shape index (κ1) is 14.0. The quantitative estimate of drug-likeness (QED) is 0.748. The van der Waals surface area contributed by atoms with Gasteiger partial charge in [0.2, 0.25) is 11.8 Å². The van der Waals surface area contributed by atoms with Crippen molar-refractivity contribution in [1.82, 2.24) is 9.80 Å². The van der Waals surface area contributed by atoms with Crippen LogP contribution >= 0.6 is 0 Å². The highest BCUT2D eigenvalue weighted by molar-refractivity contribution is 5.87. The fourth-order valence-electron chi connectivity index (χ4n) is 2.07. The molecule has 98 valence electrons. The Morgan fingerprint density at radius 2 is 2.06 bits per heavy atom. The summed E-state index contributed by atoms with van der Waals surface area (Å²) in [6, 6.07) is 0. The number of amides is 2. The molecule has 1 aliphatic heterocycles. The highest BCUT2D eigenvalue weighted by Crippen LogP contribution is 2.15. The zero-order chi connectivity index (χ0) is 13.0. The van der Waals surface area contributed by atoms with Crippen molar-refractivity contribution in [3.8, 4) is 0 Å². The zero-order valence-corrected chi connectivity index (χ0v) is 11.0. The minimum Gasteiger partial charge on any atom is -0.342 e. The SMILES string of the molecule is CC(C)CC(CN)C(=O)N1CCN(C)C(=O)C1. The highest BCUT2D eigenvalue weighted by Gasteiger charge is 2.29. The van der Waals surface area contributed by atoms with E-state index in [0.29, 0.717) is 25.6 Å². The maximum Gasteiger partial charge on any atom is 0.241 e. The van der Waals surface area contributed by atoms with Crippen LogP contribution in [0.25, 0.3) is 0 Å². The van der Waals surface area contributed by atoms with E-state index in [9.17, 15) is 9.59 Å². The molecule has 2 N–H and O–H groups in total. The Labute approximate surface area is 103 Å². The molecule has 5 nitrogen and oxygen atoms in total. The number of nitrogens with zero attached hydrogens (tertiary/aromatic N) is 2. The number of piperazine rings is 1. The second-order valence-corrected chi connectivity index (χ2v) is 5.14. The molecule has 1 saturated heterocycles. The van der Waals surface area contributed by atoms with Crippen LogP contribution in [0.4, 0.5) is 0 Å². The van der Waals surface area contributed by atoms with Gasteiger partial charge in [0.15, 0.2) is 0 Å². The van der Waals surface area contributed by atoms with Gasteiger partial charge in [-0.15, -0.1) is 0 Å². The Morgan fingerprint density at radius 1 is 1.41 bits per heavy atom. The van der Waals surface area contributed by atoms with Crippen molar-refractivity contribution in [2.45, 2.75) is 20.3 Å². The summed E-state index contributed by atoms with van der Waals surface area (Å²) in [5.41, 5.74) is 5.65. The van der Waals surface area contributed by atoms with Gasteiger partial charge in [-0.25, -0.2) is 0 Å². The first-order valence-electron chi connectivity index (χ1n) is 6.18. The van der Waals surface area contributed by atoms with Gasteiger partial charge in [-0.2, -0.15) is 0 Å². The minimum atomic E-state index is -0.147. The molecule has 0 aromatic carbocycles. The van der Waals surface area contributed by atoms with E-state index in [1.165, 1.54) is 0 Å². The van der Waals surface area contributed by atoms with Crippen molar-refractivity contribution < 1.29 is 9.59 Å². The monoisotopic (exact) mass is 241 g/mol. The van der Waals surface area contributed by atoms with E-state index in [-0.39, 0.29) is 24.3 Å². The standard InChI is InChI=1S/C12H23N3O2/c1-9(2)6-10(7-13)12(17)15-5-4-14(3)11(16)8-15/h9-10H,4-8,13H2,1-3H3.